The quantitative estimate of drug-likeness (QED) is 0.774. The number of fused-ring (bicyclic) bond motifs is 1. The van der Waals surface area contributed by atoms with Gasteiger partial charge < -0.3 is 14.5 Å². The summed E-state index contributed by atoms with van der Waals surface area (Å²) in [5.74, 6) is -2.03. The van der Waals surface area contributed by atoms with E-state index in [2.05, 4.69) is 5.32 Å². The largest absolute Gasteiger partial charge is 0.450 e. The fourth-order valence-electron chi connectivity index (χ4n) is 2.89. The van der Waals surface area contributed by atoms with Crippen molar-refractivity contribution < 1.29 is 27.2 Å². The molecular formula is C17H17NO7S. The molecule has 8 nitrogen and oxygen atoms in total. The SMILES string of the molecule is C[C@@]1(NC(=O)COC(=O)c2cc(=O)c3ccccc3o2)CCS(=O)(=O)C1. The molecule has 3 rings (SSSR count). The molecule has 1 N–H and O–H groups in total. The summed E-state index contributed by atoms with van der Waals surface area (Å²) in [5.41, 5.74) is -1.04. The molecule has 0 bridgehead atoms. The standard InChI is InChI=1S/C17H17NO7S/c1-17(6-7-26(22,23)10-17)18-15(20)9-24-16(21)14-8-12(19)11-4-2-3-5-13(11)25-14/h2-5,8H,6-7,9-10H2,1H3,(H,18,20)/t17-/m1/s1. The number of amides is 1. The lowest BCUT2D eigenvalue weighted by molar-refractivity contribution is -0.125. The van der Waals surface area contributed by atoms with E-state index in [1.807, 2.05) is 0 Å². The summed E-state index contributed by atoms with van der Waals surface area (Å²) in [4.78, 5) is 36.0. The van der Waals surface area contributed by atoms with Crippen LogP contribution in [-0.2, 0) is 19.4 Å². The Balaban J connectivity index is 1.64. The van der Waals surface area contributed by atoms with Crippen molar-refractivity contribution >= 4 is 32.7 Å². The van der Waals surface area contributed by atoms with E-state index < -0.39 is 39.3 Å². The van der Waals surface area contributed by atoms with Crippen LogP contribution >= 0.6 is 0 Å². The lowest BCUT2D eigenvalue weighted by atomic mass is 10.0. The Bertz CT molecular complexity index is 1040. The minimum atomic E-state index is -3.17. The number of carbonyl (C=O) groups excluding carboxylic acids is 2. The number of carbonyl (C=O) groups is 2. The van der Waals surface area contributed by atoms with Gasteiger partial charge in [0.1, 0.15) is 5.58 Å². The van der Waals surface area contributed by atoms with Crippen LogP contribution in [-0.4, -0.2) is 43.9 Å². The second-order valence-electron chi connectivity index (χ2n) is 6.50. The molecule has 138 valence electrons. The zero-order valence-electron chi connectivity index (χ0n) is 14.0. The first-order valence-corrected chi connectivity index (χ1v) is 9.71. The van der Waals surface area contributed by atoms with Gasteiger partial charge in [-0.2, -0.15) is 0 Å². The molecule has 1 aromatic carbocycles. The highest BCUT2D eigenvalue weighted by molar-refractivity contribution is 7.91. The molecule has 1 fully saturated rings. The van der Waals surface area contributed by atoms with E-state index in [1.165, 1.54) is 0 Å². The molecule has 1 atom stereocenters. The molecule has 9 heteroatoms. The fraction of sp³-hybridized carbons (Fsp3) is 0.353. The zero-order valence-corrected chi connectivity index (χ0v) is 14.8. The van der Waals surface area contributed by atoms with Crippen molar-refractivity contribution in [3.8, 4) is 0 Å². The first-order valence-electron chi connectivity index (χ1n) is 7.89. The molecule has 1 aromatic heterocycles. The lowest BCUT2D eigenvalue weighted by Gasteiger charge is -2.23. The van der Waals surface area contributed by atoms with Gasteiger partial charge in [-0.3, -0.25) is 9.59 Å². The maximum Gasteiger partial charge on any atom is 0.374 e. The van der Waals surface area contributed by atoms with E-state index in [-0.39, 0.29) is 22.8 Å². The summed E-state index contributed by atoms with van der Waals surface area (Å²) in [6.07, 6.45) is 0.300. The zero-order chi connectivity index (χ0) is 18.9. The minimum Gasteiger partial charge on any atom is -0.450 e. The average Bonchev–Trinajstić information content (AvgIpc) is 2.85. The second kappa shape index (κ2) is 6.56. The van der Waals surface area contributed by atoms with E-state index in [0.717, 1.165) is 6.07 Å². The summed E-state index contributed by atoms with van der Waals surface area (Å²) < 4.78 is 33.3. The van der Waals surface area contributed by atoms with Gasteiger partial charge in [-0.15, -0.1) is 0 Å². The van der Waals surface area contributed by atoms with Gasteiger partial charge in [0.05, 0.1) is 22.4 Å². The van der Waals surface area contributed by atoms with E-state index in [0.29, 0.717) is 11.8 Å². The molecule has 2 heterocycles. The minimum absolute atomic E-state index is 0.00577. The normalized spacial score (nSPS) is 21.4. The Hall–Kier alpha value is -2.68. The van der Waals surface area contributed by atoms with Crippen LogP contribution in [0, 0.1) is 0 Å². The molecule has 1 aliphatic rings. The monoisotopic (exact) mass is 379 g/mol. The third kappa shape index (κ3) is 3.93. The Morgan fingerprint density at radius 3 is 2.73 bits per heavy atom. The molecule has 0 saturated carbocycles. The highest BCUT2D eigenvalue weighted by atomic mass is 32.2. The highest BCUT2D eigenvalue weighted by Gasteiger charge is 2.39. The number of rotatable bonds is 4. The van der Waals surface area contributed by atoms with Crippen molar-refractivity contribution in [1.82, 2.24) is 5.32 Å². The maximum absolute atomic E-state index is 12.0. The predicted octanol–water partition coefficient (Wildman–Crippen LogP) is 0.643. The summed E-state index contributed by atoms with van der Waals surface area (Å²) in [6.45, 7) is 1.02. The Kier molecular flexibility index (Phi) is 4.57. The molecule has 1 saturated heterocycles. The van der Waals surface area contributed by atoms with E-state index in [1.54, 1.807) is 31.2 Å². The molecule has 0 radical (unpaired) electrons. The van der Waals surface area contributed by atoms with Crippen LogP contribution in [0.25, 0.3) is 11.0 Å². The summed E-state index contributed by atoms with van der Waals surface area (Å²) in [7, 11) is -3.17. The van der Waals surface area contributed by atoms with E-state index in [9.17, 15) is 22.8 Å². The van der Waals surface area contributed by atoms with Crippen LogP contribution in [0.2, 0.25) is 0 Å². The number of para-hydroxylation sites is 1. The smallest absolute Gasteiger partial charge is 0.374 e. The van der Waals surface area contributed by atoms with Gasteiger partial charge in [-0.25, -0.2) is 13.2 Å². The van der Waals surface area contributed by atoms with Crippen molar-refractivity contribution in [2.24, 2.45) is 0 Å². The Morgan fingerprint density at radius 1 is 1.31 bits per heavy atom. The van der Waals surface area contributed by atoms with Crippen molar-refractivity contribution in [2.75, 3.05) is 18.1 Å². The van der Waals surface area contributed by atoms with Gasteiger partial charge in [0.25, 0.3) is 5.91 Å². The van der Waals surface area contributed by atoms with Crippen LogP contribution in [0.4, 0.5) is 0 Å². The van der Waals surface area contributed by atoms with Crippen molar-refractivity contribution in [3.63, 3.8) is 0 Å². The molecular weight excluding hydrogens is 362 g/mol. The second-order valence-corrected chi connectivity index (χ2v) is 8.68. The number of hydrogen-bond donors (Lipinski definition) is 1. The number of ether oxygens (including phenoxy) is 1. The van der Waals surface area contributed by atoms with Gasteiger partial charge in [0, 0.05) is 6.07 Å². The van der Waals surface area contributed by atoms with Gasteiger partial charge in [0.2, 0.25) is 5.76 Å². The molecule has 0 unspecified atom stereocenters. The first kappa shape index (κ1) is 18.1. The lowest BCUT2D eigenvalue weighted by Crippen LogP contribution is -2.48. The number of hydrogen-bond acceptors (Lipinski definition) is 7. The number of sulfone groups is 1. The molecule has 1 amide bonds. The van der Waals surface area contributed by atoms with Crippen molar-refractivity contribution in [2.45, 2.75) is 18.9 Å². The first-order chi connectivity index (χ1) is 12.2. The molecule has 1 aliphatic heterocycles. The van der Waals surface area contributed by atoms with E-state index in [4.69, 9.17) is 9.15 Å². The van der Waals surface area contributed by atoms with Gasteiger partial charge in [0.15, 0.2) is 21.9 Å². The fourth-order valence-corrected chi connectivity index (χ4v) is 4.98. The molecule has 0 aliphatic carbocycles. The Labute approximate surface area is 149 Å². The van der Waals surface area contributed by atoms with Crippen LogP contribution in [0.15, 0.2) is 39.5 Å². The van der Waals surface area contributed by atoms with Gasteiger partial charge in [-0.05, 0) is 25.5 Å². The summed E-state index contributed by atoms with van der Waals surface area (Å²) >= 11 is 0. The third-order valence-electron chi connectivity index (χ3n) is 4.11. The molecule has 2 aromatic rings. The maximum atomic E-state index is 12.0. The predicted molar refractivity (Wildman–Crippen MR) is 92.6 cm³/mol. The Morgan fingerprint density at radius 2 is 2.04 bits per heavy atom. The number of nitrogens with one attached hydrogen (secondary N) is 1. The topological polar surface area (TPSA) is 120 Å². The van der Waals surface area contributed by atoms with Gasteiger partial charge >= 0.3 is 5.97 Å². The highest BCUT2D eigenvalue weighted by Crippen LogP contribution is 2.22. The van der Waals surface area contributed by atoms with E-state index >= 15 is 0 Å². The van der Waals surface area contributed by atoms with Crippen molar-refractivity contribution in [3.05, 3.63) is 46.3 Å². The molecule has 0 spiro atoms. The molecule has 26 heavy (non-hydrogen) atoms. The van der Waals surface area contributed by atoms with Crippen LogP contribution in [0.3, 0.4) is 0 Å². The number of esters is 1. The van der Waals surface area contributed by atoms with Gasteiger partial charge in [-0.1, -0.05) is 12.1 Å². The summed E-state index contributed by atoms with van der Waals surface area (Å²) in [5, 5.41) is 2.90. The van der Waals surface area contributed by atoms with Crippen LogP contribution in [0.1, 0.15) is 23.9 Å². The average molecular weight is 379 g/mol. The van der Waals surface area contributed by atoms with Crippen LogP contribution < -0.4 is 10.7 Å². The number of benzene rings is 1. The summed E-state index contributed by atoms with van der Waals surface area (Å²) in [6, 6.07) is 7.45. The third-order valence-corrected chi connectivity index (χ3v) is 6.02. The van der Waals surface area contributed by atoms with Crippen molar-refractivity contribution in [1.29, 1.82) is 0 Å². The van der Waals surface area contributed by atoms with Crippen LogP contribution in [0.5, 0.6) is 0 Å².